The lowest BCUT2D eigenvalue weighted by molar-refractivity contribution is 0.102. The second-order valence-corrected chi connectivity index (χ2v) is 8.25. The second kappa shape index (κ2) is 7.40. The second-order valence-electron chi connectivity index (χ2n) is 6.34. The molecule has 0 bridgehead atoms. The van der Waals surface area contributed by atoms with Crippen LogP contribution < -0.4 is 10.1 Å². The normalized spacial score (nSPS) is 11.3. The summed E-state index contributed by atoms with van der Waals surface area (Å²) in [5.41, 5.74) is 0.853. The van der Waals surface area contributed by atoms with Crippen LogP contribution in [-0.2, 0) is 9.84 Å². The maximum absolute atomic E-state index is 12.9. The van der Waals surface area contributed by atoms with Gasteiger partial charge in [0.05, 0.1) is 11.2 Å². The van der Waals surface area contributed by atoms with Crippen molar-refractivity contribution in [1.29, 1.82) is 0 Å². The maximum atomic E-state index is 12.9. The van der Waals surface area contributed by atoms with Crippen LogP contribution in [0.2, 0.25) is 0 Å². The van der Waals surface area contributed by atoms with Crippen LogP contribution >= 0.6 is 0 Å². The number of benzene rings is 2. The minimum Gasteiger partial charge on any atom is -0.455 e. The van der Waals surface area contributed by atoms with Crippen molar-refractivity contribution in [3.8, 4) is 11.5 Å². The van der Waals surface area contributed by atoms with E-state index in [0.29, 0.717) is 22.7 Å². The molecule has 0 aliphatic carbocycles. The fourth-order valence-corrected chi connectivity index (χ4v) is 3.67. The first-order chi connectivity index (χ1) is 13.9. The summed E-state index contributed by atoms with van der Waals surface area (Å²) >= 11 is 0. The van der Waals surface area contributed by atoms with Crippen LogP contribution in [0.3, 0.4) is 0 Å². The molecule has 0 radical (unpaired) electrons. The Labute approximate surface area is 167 Å². The first-order valence-corrected chi connectivity index (χ1v) is 10.6. The van der Waals surface area contributed by atoms with Crippen LogP contribution in [0.5, 0.6) is 11.5 Å². The van der Waals surface area contributed by atoms with Crippen LogP contribution in [0, 0.1) is 0 Å². The molecule has 146 valence electrons. The number of rotatable bonds is 5. The molecule has 8 heteroatoms. The number of carbonyl (C=O) groups is 1. The Bertz CT molecular complexity index is 1300. The summed E-state index contributed by atoms with van der Waals surface area (Å²) in [6, 6.07) is 21.2. The van der Waals surface area contributed by atoms with Gasteiger partial charge in [0.1, 0.15) is 5.75 Å². The van der Waals surface area contributed by atoms with Gasteiger partial charge in [-0.1, -0.05) is 36.4 Å². The number of pyridine rings is 1. The first kappa shape index (κ1) is 18.7. The van der Waals surface area contributed by atoms with E-state index in [0.717, 1.165) is 6.26 Å². The number of carbonyl (C=O) groups excluding carboxylic acids is 1. The largest absolute Gasteiger partial charge is 0.455 e. The van der Waals surface area contributed by atoms with Crippen molar-refractivity contribution in [1.82, 2.24) is 9.38 Å². The van der Waals surface area contributed by atoms with E-state index in [9.17, 15) is 13.2 Å². The van der Waals surface area contributed by atoms with Gasteiger partial charge >= 0.3 is 0 Å². The summed E-state index contributed by atoms with van der Waals surface area (Å²) in [4.78, 5) is 17.0. The quantitative estimate of drug-likeness (QED) is 0.544. The number of sulfone groups is 1. The van der Waals surface area contributed by atoms with Crippen molar-refractivity contribution in [3.05, 3.63) is 84.7 Å². The summed E-state index contributed by atoms with van der Waals surface area (Å²) in [5.74, 6) is 0.549. The van der Waals surface area contributed by atoms with E-state index < -0.39 is 15.7 Å². The van der Waals surface area contributed by atoms with Crippen molar-refractivity contribution in [2.45, 2.75) is 5.16 Å². The summed E-state index contributed by atoms with van der Waals surface area (Å²) in [6.07, 6.45) is 2.61. The minimum absolute atomic E-state index is 0.0144. The summed E-state index contributed by atoms with van der Waals surface area (Å²) in [5, 5.41) is 2.58. The minimum atomic E-state index is -3.62. The number of aromatic nitrogens is 2. The van der Waals surface area contributed by atoms with Gasteiger partial charge in [0, 0.05) is 12.5 Å². The van der Waals surface area contributed by atoms with Crippen LogP contribution in [0.1, 0.15) is 10.5 Å². The fraction of sp³-hybridized carbons (Fsp3) is 0.0476. The zero-order valence-electron chi connectivity index (χ0n) is 15.4. The number of hydrogen-bond donors (Lipinski definition) is 1. The molecule has 0 spiro atoms. The summed E-state index contributed by atoms with van der Waals surface area (Å²) < 4.78 is 31.4. The van der Waals surface area contributed by atoms with Crippen LogP contribution in [0.15, 0.2) is 84.1 Å². The Kier molecular flexibility index (Phi) is 4.77. The Hall–Kier alpha value is -3.65. The zero-order valence-corrected chi connectivity index (χ0v) is 16.3. The van der Waals surface area contributed by atoms with E-state index >= 15 is 0 Å². The van der Waals surface area contributed by atoms with Crippen molar-refractivity contribution in [2.24, 2.45) is 0 Å². The molecule has 0 aliphatic heterocycles. The predicted molar refractivity (Wildman–Crippen MR) is 109 cm³/mol. The highest BCUT2D eigenvalue weighted by Gasteiger charge is 2.23. The van der Waals surface area contributed by atoms with Crippen molar-refractivity contribution < 1.29 is 17.9 Å². The smallest absolute Gasteiger partial charge is 0.276 e. The maximum Gasteiger partial charge on any atom is 0.276 e. The number of hydrogen-bond acceptors (Lipinski definition) is 5. The van der Waals surface area contributed by atoms with Gasteiger partial charge in [0.15, 0.2) is 11.4 Å². The van der Waals surface area contributed by atoms with Crippen molar-refractivity contribution in [3.63, 3.8) is 0 Å². The summed E-state index contributed by atoms with van der Waals surface area (Å²) in [6.45, 7) is 0. The number of ether oxygens (including phenoxy) is 1. The molecule has 4 rings (SSSR count). The van der Waals surface area contributed by atoms with Crippen molar-refractivity contribution in [2.75, 3.05) is 11.6 Å². The predicted octanol–water partition coefficient (Wildman–Crippen LogP) is 3.78. The lowest BCUT2D eigenvalue weighted by Gasteiger charge is -2.11. The third-order valence-corrected chi connectivity index (χ3v) is 5.12. The molecule has 0 fully saturated rings. The van der Waals surface area contributed by atoms with E-state index in [4.69, 9.17) is 4.74 Å². The highest BCUT2D eigenvalue weighted by molar-refractivity contribution is 7.90. The van der Waals surface area contributed by atoms with Crippen LogP contribution in [-0.4, -0.2) is 30.0 Å². The molecule has 0 atom stereocenters. The number of imidazole rings is 1. The fourth-order valence-electron chi connectivity index (χ4n) is 2.89. The van der Waals surface area contributed by atoms with Gasteiger partial charge in [-0.15, -0.1) is 0 Å². The third kappa shape index (κ3) is 3.83. The van der Waals surface area contributed by atoms with Crippen LogP contribution in [0.25, 0.3) is 5.52 Å². The van der Waals surface area contributed by atoms with Gasteiger partial charge in [0.2, 0.25) is 15.0 Å². The first-order valence-electron chi connectivity index (χ1n) is 8.74. The highest BCUT2D eigenvalue weighted by Crippen LogP contribution is 2.30. The van der Waals surface area contributed by atoms with Gasteiger partial charge in [-0.25, -0.2) is 13.4 Å². The lowest BCUT2D eigenvalue weighted by Crippen LogP contribution is -2.13. The molecule has 7 nitrogen and oxygen atoms in total. The molecule has 4 aromatic rings. The molecule has 1 amide bonds. The van der Waals surface area contributed by atoms with Gasteiger partial charge < -0.3 is 10.1 Å². The van der Waals surface area contributed by atoms with Gasteiger partial charge in [-0.2, -0.15) is 0 Å². The number of anilines is 1. The Morgan fingerprint density at radius 3 is 2.41 bits per heavy atom. The van der Waals surface area contributed by atoms with E-state index in [2.05, 4.69) is 10.3 Å². The monoisotopic (exact) mass is 407 g/mol. The number of fused-ring (bicyclic) bond motifs is 1. The van der Waals surface area contributed by atoms with E-state index in [-0.39, 0.29) is 10.9 Å². The Balaban J connectivity index is 1.70. The van der Waals surface area contributed by atoms with Crippen molar-refractivity contribution >= 4 is 26.9 Å². The molecule has 0 aliphatic rings. The highest BCUT2D eigenvalue weighted by atomic mass is 32.2. The molecule has 0 saturated carbocycles. The molecule has 2 aromatic heterocycles. The zero-order chi connectivity index (χ0) is 20.4. The number of para-hydroxylation sites is 3. The lowest BCUT2D eigenvalue weighted by atomic mass is 10.2. The Morgan fingerprint density at radius 1 is 0.966 bits per heavy atom. The van der Waals surface area contributed by atoms with Gasteiger partial charge in [0.25, 0.3) is 5.91 Å². The summed E-state index contributed by atoms with van der Waals surface area (Å²) in [7, 11) is -3.62. The molecular weight excluding hydrogens is 390 g/mol. The van der Waals surface area contributed by atoms with E-state index in [1.165, 1.54) is 4.40 Å². The number of nitrogens with zero attached hydrogens (tertiary/aromatic N) is 2. The number of nitrogens with one attached hydrogen (secondary N) is 1. The van der Waals surface area contributed by atoms with E-state index in [1.807, 2.05) is 18.2 Å². The molecule has 0 saturated heterocycles. The standard InChI is InChI=1S/C21H17N3O4S/c1-29(26,27)21-23-19(17-12-7-8-14-24(17)21)20(25)22-16-11-5-6-13-18(16)28-15-9-3-2-4-10-15/h2-14H,1H3,(H,22,25). The molecule has 29 heavy (non-hydrogen) atoms. The van der Waals surface area contributed by atoms with E-state index in [1.54, 1.807) is 60.8 Å². The average molecular weight is 407 g/mol. The number of amides is 1. The molecule has 1 N–H and O–H groups in total. The van der Waals surface area contributed by atoms with Gasteiger partial charge in [-0.3, -0.25) is 9.20 Å². The molecular formula is C21H17N3O4S. The molecule has 2 aromatic carbocycles. The SMILES string of the molecule is CS(=O)(=O)c1nc(C(=O)Nc2ccccc2Oc2ccccc2)c2ccccn12. The van der Waals surface area contributed by atoms with Gasteiger partial charge in [-0.05, 0) is 36.4 Å². The third-order valence-electron chi connectivity index (χ3n) is 4.17. The van der Waals surface area contributed by atoms with Crippen LogP contribution in [0.4, 0.5) is 5.69 Å². The topological polar surface area (TPSA) is 89.8 Å². The Morgan fingerprint density at radius 2 is 1.66 bits per heavy atom. The molecule has 2 heterocycles. The molecule has 0 unspecified atom stereocenters. The average Bonchev–Trinajstić information content (AvgIpc) is 3.11.